The second-order valence-electron chi connectivity index (χ2n) is 1.32. The maximum absolute atomic E-state index is 8.45. The molecule has 4 nitrogen and oxygen atoms in total. The van der Waals surface area contributed by atoms with Crippen molar-refractivity contribution >= 4 is 22.7 Å². The van der Waals surface area contributed by atoms with Gasteiger partial charge in [0.2, 0.25) is 0 Å². The summed E-state index contributed by atoms with van der Waals surface area (Å²) in [7, 11) is 0.506. The highest BCUT2D eigenvalue weighted by Gasteiger charge is 2.10. The Kier molecular flexibility index (Phi) is 4.31. The Morgan fingerprint density at radius 2 is 2.22 bits per heavy atom. The van der Waals surface area contributed by atoms with Gasteiger partial charge in [-0.1, -0.05) is 0 Å². The Balaban J connectivity index is 4.01. The molecule has 1 unspecified atom stereocenters. The first-order chi connectivity index (χ1) is 4.22. The molecule has 0 aliphatic heterocycles. The van der Waals surface area contributed by atoms with Gasteiger partial charge in [-0.15, -0.1) is 0 Å². The van der Waals surface area contributed by atoms with Gasteiger partial charge in [0.15, 0.2) is 0 Å². The third-order valence-corrected chi connectivity index (χ3v) is 0.863. The molecule has 50 valence electrons. The minimum atomic E-state index is -1.54. The quantitative estimate of drug-likeness (QED) is 0.257. The minimum Gasteiger partial charge on any atom is -0.423 e. The van der Waals surface area contributed by atoms with E-state index in [0.29, 0.717) is 0 Å². The summed E-state index contributed by atoms with van der Waals surface area (Å²) in [6.45, 7) is 0. The second kappa shape index (κ2) is 4.50. The summed E-state index contributed by atoms with van der Waals surface area (Å²) >= 11 is 0. The molecule has 0 bridgehead atoms. The summed E-state index contributed by atoms with van der Waals surface area (Å²) in [6.07, 6.45) is 2.33. The van der Waals surface area contributed by atoms with E-state index >= 15 is 0 Å². The van der Waals surface area contributed by atoms with Crippen LogP contribution in [0.25, 0.3) is 0 Å². The molecule has 0 heterocycles. The van der Waals surface area contributed by atoms with Crippen molar-refractivity contribution in [1.82, 2.24) is 0 Å². The van der Waals surface area contributed by atoms with Crippen LogP contribution in [0, 0.1) is 0 Å². The van der Waals surface area contributed by atoms with E-state index < -0.39 is 7.12 Å². The molecule has 0 radical (unpaired) electrons. The first-order valence-corrected chi connectivity index (χ1v) is 2.75. The average Bonchev–Trinajstić information content (AvgIpc) is 1.82. The molecule has 0 fully saturated rings. The summed E-state index contributed by atoms with van der Waals surface area (Å²) in [5.74, 6) is 0. The van der Waals surface area contributed by atoms with Crippen LogP contribution in [0.5, 0.6) is 0 Å². The summed E-state index contributed by atoms with van der Waals surface area (Å²) in [5.41, 5.74) is 5.15. The van der Waals surface area contributed by atoms with Gasteiger partial charge < -0.3 is 15.8 Å². The van der Waals surface area contributed by atoms with E-state index in [4.69, 9.17) is 15.8 Å². The van der Waals surface area contributed by atoms with Gasteiger partial charge in [0.1, 0.15) is 0 Å². The van der Waals surface area contributed by atoms with Crippen LogP contribution in [-0.4, -0.2) is 23.4 Å². The third kappa shape index (κ3) is 3.24. The molecular formula is C3H8BN2O2P. The molecule has 4 N–H and O–H groups in total. The van der Waals surface area contributed by atoms with Crippen molar-refractivity contribution in [1.29, 1.82) is 0 Å². The second-order valence-corrected chi connectivity index (χ2v) is 1.62. The van der Waals surface area contributed by atoms with Crippen molar-refractivity contribution in [2.24, 2.45) is 10.5 Å². The fourth-order valence-corrected chi connectivity index (χ4v) is 0.454. The largest absolute Gasteiger partial charge is 0.491 e. The van der Waals surface area contributed by atoms with Gasteiger partial charge in [-0.3, -0.25) is 4.76 Å². The highest BCUT2D eigenvalue weighted by molar-refractivity contribution is 7.15. The molecule has 1 atom stereocenters. The molecule has 0 aromatic rings. The molecule has 0 aromatic heterocycles. The van der Waals surface area contributed by atoms with Crippen LogP contribution in [0.3, 0.4) is 0 Å². The average molecular weight is 146 g/mol. The Bertz CT molecular complexity index is 136. The van der Waals surface area contributed by atoms with Gasteiger partial charge in [0.25, 0.3) is 0 Å². The van der Waals surface area contributed by atoms with Gasteiger partial charge >= 0.3 is 7.12 Å². The lowest BCUT2D eigenvalue weighted by atomic mass is 9.81. The van der Waals surface area contributed by atoms with Crippen molar-refractivity contribution in [2.45, 2.75) is 0 Å². The van der Waals surface area contributed by atoms with Crippen molar-refractivity contribution in [3.05, 3.63) is 11.7 Å². The summed E-state index contributed by atoms with van der Waals surface area (Å²) < 4.78 is 3.45. The van der Waals surface area contributed by atoms with E-state index in [9.17, 15) is 0 Å². The predicted molar refractivity (Wildman–Crippen MR) is 40.7 cm³/mol. The standard InChI is InChI=1S/C3H8BN2O2P/c5-1-3(2-6-9)4(7)8/h1-2,7-8H,5,9H2. The van der Waals surface area contributed by atoms with E-state index in [2.05, 4.69) is 4.76 Å². The fourth-order valence-electron chi connectivity index (χ4n) is 0.282. The number of allylic oxidation sites excluding steroid dienone is 1. The van der Waals surface area contributed by atoms with Crippen molar-refractivity contribution < 1.29 is 10.0 Å². The monoisotopic (exact) mass is 146 g/mol. The zero-order chi connectivity index (χ0) is 7.28. The molecule has 0 saturated carbocycles. The smallest absolute Gasteiger partial charge is 0.423 e. The van der Waals surface area contributed by atoms with Gasteiger partial charge in [0, 0.05) is 11.7 Å². The lowest BCUT2D eigenvalue weighted by molar-refractivity contribution is 0.422. The number of rotatable bonds is 2. The van der Waals surface area contributed by atoms with Crippen molar-refractivity contribution in [2.75, 3.05) is 0 Å². The van der Waals surface area contributed by atoms with Crippen molar-refractivity contribution in [3.63, 3.8) is 0 Å². The maximum atomic E-state index is 8.45. The highest BCUT2D eigenvalue weighted by Crippen LogP contribution is 1.91. The van der Waals surface area contributed by atoms with E-state index in [0.717, 1.165) is 6.20 Å². The van der Waals surface area contributed by atoms with Gasteiger partial charge in [-0.2, -0.15) is 0 Å². The van der Waals surface area contributed by atoms with Crippen LogP contribution in [0.2, 0.25) is 0 Å². The molecule has 0 spiro atoms. The number of hydrogen-bond acceptors (Lipinski definition) is 4. The molecule has 6 heteroatoms. The molecule has 0 amide bonds. The fraction of sp³-hybridized carbons (Fsp3) is 0. The van der Waals surface area contributed by atoms with E-state index in [1.165, 1.54) is 6.21 Å². The third-order valence-electron chi connectivity index (χ3n) is 0.714. The lowest BCUT2D eigenvalue weighted by Crippen LogP contribution is -2.17. The van der Waals surface area contributed by atoms with Crippen LogP contribution in [0.4, 0.5) is 0 Å². The minimum absolute atomic E-state index is 0.171. The van der Waals surface area contributed by atoms with E-state index in [1.54, 1.807) is 0 Å². The molecule has 0 aliphatic carbocycles. The summed E-state index contributed by atoms with van der Waals surface area (Å²) in [5, 5.41) is 16.9. The van der Waals surface area contributed by atoms with Crippen LogP contribution in [-0.2, 0) is 0 Å². The Morgan fingerprint density at radius 3 is 2.33 bits per heavy atom. The molecular weight excluding hydrogens is 138 g/mol. The van der Waals surface area contributed by atoms with E-state index in [-0.39, 0.29) is 5.47 Å². The van der Waals surface area contributed by atoms with Gasteiger partial charge in [-0.25, -0.2) is 0 Å². The molecule has 0 aliphatic rings. The Morgan fingerprint density at radius 1 is 1.67 bits per heavy atom. The van der Waals surface area contributed by atoms with Gasteiger partial charge in [-0.05, 0) is 15.6 Å². The SMILES string of the molecule is NC=C(C=NP)B(O)O. The zero-order valence-electron chi connectivity index (χ0n) is 4.73. The van der Waals surface area contributed by atoms with Gasteiger partial charge in [0.05, 0.1) is 0 Å². The summed E-state index contributed by atoms with van der Waals surface area (Å²) in [6, 6.07) is 0. The topological polar surface area (TPSA) is 78.8 Å². The molecule has 0 rings (SSSR count). The summed E-state index contributed by atoms with van der Waals surface area (Å²) in [4.78, 5) is 0. The number of nitrogens with zero attached hydrogens (tertiary/aromatic N) is 1. The molecule has 0 aromatic carbocycles. The number of hydrogen-bond donors (Lipinski definition) is 3. The van der Waals surface area contributed by atoms with Crippen LogP contribution >= 0.6 is 9.39 Å². The van der Waals surface area contributed by atoms with E-state index in [1.807, 2.05) is 9.39 Å². The number of nitrogens with two attached hydrogens (primary N) is 1. The zero-order valence-corrected chi connectivity index (χ0v) is 5.88. The van der Waals surface area contributed by atoms with Crippen molar-refractivity contribution in [3.8, 4) is 0 Å². The first kappa shape index (κ1) is 8.62. The normalized spacial score (nSPS) is 12.6. The predicted octanol–water partition coefficient (Wildman–Crippen LogP) is -1.30. The first-order valence-electron chi connectivity index (χ1n) is 2.23. The van der Waals surface area contributed by atoms with Crippen LogP contribution in [0.15, 0.2) is 16.4 Å². The van der Waals surface area contributed by atoms with Crippen LogP contribution in [0.1, 0.15) is 0 Å². The highest BCUT2D eigenvalue weighted by atomic mass is 31.0. The van der Waals surface area contributed by atoms with Crippen LogP contribution < -0.4 is 5.73 Å². The maximum Gasteiger partial charge on any atom is 0.491 e. The Hall–Kier alpha value is -0.375. The Labute approximate surface area is 55.9 Å². The molecule has 0 saturated heterocycles. The molecule has 9 heavy (non-hydrogen) atoms. The lowest BCUT2D eigenvalue weighted by Gasteiger charge is -1.94.